The zero-order valence-electron chi connectivity index (χ0n) is 18.7. The van der Waals surface area contributed by atoms with Crippen LogP contribution >= 0.6 is 0 Å². The number of aliphatic hydroxyl groups excluding tert-OH is 1. The Hall–Kier alpha value is -1.18. The highest BCUT2D eigenvalue weighted by Gasteiger charge is 2.80. The number of aliphatic hydroxyl groups is 1. The maximum Gasteiger partial charge on any atom is 0.198 e. The highest BCUT2D eigenvalue weighted by Crippen LogP contribution is 2.72. The largest absolute Gasteiger partial charge is 0.390 e. The molecule has 4 fully saturated rings. The van der Waals surface area contributed by atoms with Crippen LogP contribution in [0.5, 0.6) is 0 Å². The summed E-state index contributed by atoms with van der Waals surface area (Å²) in [7, 11) is 0. The second-order valence-electron chi connectivity index (χ2n) is 11.3. The maximum atomic E-state index is 17.2. The Labute approximate surface area is 181 Å². The standard InChI is InChI=1S/C24H32F2O5/c1-20(2)30-19-10-16-15-6-5-13-9-14(27)7-8-21(13,3)23(15,26)17(28)11-22(16,4)24(19,31-20)18(29)12-25/h9,15-17,19,28H,5-8,10-12H2,1-4H3/t15-,16-,17-,19+,21-,22-,23-,24+/m0/s1/i25-1. The van der Waals surface area contributed by atoms with E-state index in [0.717, 1.165) is 5.57 Å². The SMILES string of the molecule is CC1(C)O[C@@H]2C[C@H]3[C@@H]4CCC5=CC(=O)CC[C@]5(C)[C@@]4(F)[C@@H](O)C[C@]3(C)[C@]2(C(=O)C[18F])O1. The van der Waals surface area contributed by atoms with Crippen molar-refractivity contribution >= 4 is 11.6 Å². The highest BCUT2D eigenvalue weighted by atomic mass is 19.1. The molecule has 0 amide bonds. The molecule has 0 aromatic rings. The van der Waals surface area contributed by atoms with Crippen molar-refractivity contribution in [2.24, 2.45) is 22.7 Å². The maximum absolute atomic E-state index is 17.2. The van der Waals surface area contributed by atoms with Crippen molar-refractivity contribution in [1.29, 1.82) is 0 Å². The van der Waals surface area contributed by atoms with Crippen molar-refractivity contribution in [2.75, 3.05) is 6.67 Å². The summed E-state index contributed by atoms with van der Waals surface area (Å²) in [5.74, 6) is -2.55. The lowest BCUT2D eigenvalue weighted by atomic mass is 9.44. The van der Waals surface area contributed by atoms with Crippen LogP contribution in [0.2, 0.25) is 0 Å². The number of hydrogen-bond acceptors (Lipinski definition) is 5. The van der Waals surface area contributed by atoms with Crippen LogP contribution in [0.25, 0.3) is 0 Å². The zero-order chi connectivity index (χ0) is 22.6. The fraction of sp³-hybridized carbons (Fsp3) is 0.833. The third-order valence-corrected chi connectivity index (χ3v) is 9.57. The lowest BCUT2D eigenvalue weighted by Crippen LogP contribution is -2.70. The van der Waals surface area contributed by atoms with Gasteiger partial charge in [0.2, 0.25) is 0 Å². The van der Waals surface area contributed by atoms with Gasteiger partial charge in [0.05, 0.1) is 12.2 Å². The molecule has 3 saturated carbocycles. The van der Waals surface area contributed by atoms with Crippen LogP contribution in [0.4, 0.5) is 8.78 Å². The van der Waals surface area contributed by atoms with Crippen LogP contribution in [-0.4, -0.2) is 52.6 Å². The molecule has 4 aliphatic carbocycles. The molecule has 172 valence electrons. The molecule has 0 unspecified atom stereocenters. The summed E-state index contributed by atoms with van der Waals surface area (Å²) in [6, 6.07) is 0. The average Bonchev–Trinajstić information content (AvgIpc) is 3.09. The minimum Gasteiger partial charge on any atom is -0.390 e. The summed E-state index contributed by atoms with van der Waals surface area (Å²) in [6.07, 6.45) is 1.62. The van der Waals surface area contributed by atoms with E-state index < -0.39 is 58.5 Å². The number of allylic oxidation sites excluding steroid dienone is 1. The molecule has 1 saturated heterocycles. The molecule has 1 aliphatic heterocycles. The number of ether oxygens (including phenoxy) is 2. The van der Waals surface area contributed by atoms with Crippen LogP contribution in [0, 0.1) is 22.7 Å². The molecule has 0 bridgehead atoms. The van der Waals surface area contributed by atoms with Crippen molar-refractivity contribution in [3.63, 3.8) is 0 Å². The number of carbonyl (C=O) groups excluding carboxylic acids is 2. The van der Waals surface area contributed by atoms with E-state index in [1.54, 1.807) is 19.9 Å². The quantitative estimate of drug-likeness (QED) is 0.714. The fourth-order valence-corrected chi connectivity index (χ4v) is 8.27. The highest BCUT2D eigenvalue weighted by molar-refractivity contribution is 5.92. The Bertz CT molecular complexity index is 885. The molecule has 0 spiro atoms. The van der Waals surface area contributed by atoms with Gasteiger partial charge >= 0.3 is 0 Å². The van der Waals surface area contributed by atoms with Gasteiger partial charge < -0.3 is 14.6 Å². The number of alkyl halides is 2. The van der Waals surface area contributed by atoms with Crippen molar-refractivity contribution in [3.05, 3.63) is 11.6 Å². The van der Waals surface area contributed by atoms with E-state index in [9.17, 15) is 19.1 Å². The first-order valence-corrected chi connectivity index (χ1v) is 11.4. The van der Waals surface area contributed by atoms with Crippen LogP contribution < -0.4 is 0 Å². The summed E-state index contributed by atoms with van der Waals surface area (Å²) in [5, 5.41) is 11.4. The number of hydrogen-bond donors (Lipinski definition) is 1. The summed E-state index contributed by atoms with van der Waals surface area (Å²) in [5.41, 5.74) is -4.54. The van der Waals surface area contributed by atoms with Crippen molar-refractivity contribution in [2.45, 2.75) is 95.5 Å². The molecule has 1 heterocycles. The number of ketones is 2. The molecule has 0 radical (unpaired) electrons. The molecule has 7 heteroatoms. The molecule has 5 aliphatic rings. The Morgan fingerprint density at radius 3 is 2.61 bits per heavy atom. The predicted octanol–water partition coefficient (Wildman–Crippen LogP) is 3.62. The van der Waals surface area contributed by atoms with Gasteiger partial charge in [-0.2, -0.15) is 0 Å². The van der Waals surface area contributed by atoms with E-state index in [2.05, 4.69) is 0 Å². The summed E-state index contributed by atoms with van der Waals surface area (Å²) in [6.45, 7) is 5.89. The van der Waals surface area contributed by atoms with Gasteiger partial charge in [-0.25, -0.2) is 8.78 Å². The van der Waals surface area contributed by atoms with Crippen LogP contribution in [0.1, 0.15) is 66.2 Å². The van der Waals surface area contributed by atoms with Gasteiger partial charge in [0.15, 0.2) is 29.6 Å². The Morgan fingerprint density at radius 1 is 1.23 bits per heavy atom. The number of Topliss-reactive ketones (excluding diaryl/α,β-unsaturated/α-hetero) is 1. The van der Waals surface area contributed by atoms with Gasteiger partial charge in [-0.15, -0.1) is 0 Å². The van der Waals surface area contributed by atoms with E-state index in [4.69, 9.17) is 9.47 Å². The van der Waals surface area contributed by atoms with Gasteiger partial charge in [-0.05, 0) is 57.9 Å². The Balaban J connectivity index is 1.63. The van der Waals surface area contributed by atoms with E-state index in [-0.39, 0.29) is 24.5 Å². The molecule has 5 nitrogen and oxygen atoms in total. The third kappa shape index (κ3) is 2.36. The predicted molar refractivity (Wildman–Crippen MR) is 108 cm³/mol. The Morgan fingerprint density at radius 2 is 1.94 bits per heavy atom. The molecule has 0 aromatic heterocycles. The minimum atomic E-state index is -1.92. The lowest BCUT2D eigenvalue weighted by molar-refractivity contribution is -0.251. The average molecular weight is 438 g/mol. The summed E-state index contributed by atoms with van der Waals surface area (Å²) >= 11 is 0. The van der Waals surface area contributed by atoms with E-state index >= 15 is 4.39 Å². The molecule has 5 rings (SSSR count). The number of carbonyl (C=O) groups is 2. The van der Waals surface area contributed by atoms with E-state index in [0.29, 0.717) is 25.7 Å². The first kappa shape index (κ1) is 21.7. The van der Waals surface area contributed by atoms with Gasteiger partial charge in [0, 0.05) is 23.2 Å². The van der Waals surface area contributed by atoms with Gasteiger partial charge in [0.1, 0.15) is 5.67 Å². The van der Waals surface area contributed by atoms with E-state index in [1.165, 1.54) is 0 Å². The topological polar surface area (TPSA) is 72.8 Å². The summed E-state index contributed by atoms with van der Waals surface area (Å²) in [4.78, 5) is 25.1. The second-order valence-corrected chi connectivity index (χ2v) is 11.3. The van der Waals surface area contributed by atoms with Crippen molar-refractivity contribution < 1.29 is 33.0 Å². The number of rotatable bonds is 2. The van der Waals surface area contributed by atoms with Crippen LogP contribution in [-0.2, 0) is 19.1 Å². The molecule has 0 aromatic carbocycles. The first-order valence-electron chi connectivity index (χ1n) is 11.4. The molecular formula is C24H32F2O5. The van der Waals surface area contributed by atoms with Gasteiger partial charge in [-0.3, -0.25) is 9.59 Å². The van der Waals surface area contributed by atoms with Gasteiger partial charge in [0.25, 0.3) is 0 Å². The Kier molecular flexibility index (Phi) is 4.35. The van der Waals surface area contributed by atoms with Crippen molar-refractivity contribution in [3.8, 4) is 0 Å². The molecule has 31 heavy (non-hydrogen) atoms. The fourth-order valence-electron chi connectivity index (χ4n) is 8.27. The third-order valence-electron chi connectivity index (χ3n) is 9.57. The monoisotopic (exact) mass is 437 g/mol. The van der Waals surface area contributed by atoms with Crippen LogP contribution in [0.15, 0.2) is 11.6 Å². The van der Waals surface area contributed by atoms with Crippen LogP contribution in [0.3, 0.4) is 0 Å². The van der Waals surface area contributed by atoms with E-state index in [1.807, 2.05) is 13.8 Å². The number of fused-ring (bicyclic) bond motifs is 7. The zero-order valence-corrected chi connectivity index (χ0v) is 18.7. The lowest BCUT2D eigenvalue weighted by Gasteiger charge is -2.63. The van der Waals surface area contributed by atoms with Gasteiger partial charge in [-0.1, -0.05) is 19.4 Å². The minimum absolute atomic E-state index is 0.0107. The smallest absolute Gasteiger partial charge is 0.198 e. The number of halogens is 2. The molecule has 8 atom stereocenters. The summed E-state index contributed by atoms with van der Waals surface area (Å²) < 4.78 is 43.2. The normalized spacial score (nSPS) is 52.6. The first-order chi connectivity index (χ1) is 14.4. The van der Waals surface area contributed by atoms with Crippen molar-refractivity contribution in [1.82, 2.24) is 0 Å². The molecule has 1 N–H and O–H groups in total. The molecular weight excluding hydrogens is 405 g/mol. The second kappa shape index (κ2) is 6.23.